The van der Waals surface area contributed by atoms with E-state index in [4.69, 9.17) is 4.43 Å². The molecule has 0 amide bonds. The summed E-state index contributed by atoms with van der Waals surface area (Å²) in [5, 5.41) is 0. The molecule has 0 N–H and O–H groups in total. The molecule has 0 unspecified atom stereocenters. The lowest BCUT2D eigenvalue weighted by atomic mass is 10.0. The minimum Gasteiger partial charge on any atom is -0.414 e. The van der Waals surface area contributed by atoms with E-state index < -0.39 is 8.32 Å². The standard InChI is InChI=1S/C15H30O2Si/c1-6-14(5)10-11-15(12-13-16)17-18(7-2,8-3)9-4/h6,13-15H,1,7-12H2,2-5H3/t14-,15-/m1/s1. The van der Waals surface area contributed by atoms with E-state index in [2.05, 4.69) is 34.3 Å². The maximum atomic E-state index is 10.8. The average Bonchev–Trinajstić information content (AvgIpc) is 2.41. The predicted molar refractivity (Wildman–Crippen MR) is 81.3 cm³/mol. The Bertz CT molecular complexity index is 228. The zero-order chi connectivity index (χ0) is 14.0. The molecular formula is C15H30O2Si. The quantitative estimate of drug-likeness (QED) is 0.312. The van der Waals surface area contributed by atoms with Gasteiger partial charge in [0.05, 0.1) is 6.10 Å². The average molecular weight is 270 g/mol. The number of rotatable bonds is 11. The van der Waals surface area contributed by atoms with Crippen LogP contribution in [0.4, 0.5) is 0 Å². The van der Waals surface area contributed by atoms with Crippen LogP contribution < -0.4 is 0 Å². The van der Waals surface area contributed by atoms with Crippen LogP contribution in [0, 0.1) is 5.92 Å². The van der Waals surface area contributed by atoms with Gasteiger partial charge in [-0.15, -0.1) is 6.58 Å². The first kappa shape index (κ1) is 17.6. The molecule has 0 aromatic heterocycles. The van der Waals surface area contributed by atoms with Gasteiger partial charge in [-0.2, -0.15) is 0 Å². The smallest absolute Gasteiger partial charge is 0.192 e. The number of allylic oxidation sites excluding steroid dienone is 1. The van der Waals surface area contributed by atoms with Crippen molar-refractivity contribution in [3.63, 3.8) is 0 Å². The molecule has 0 aromatic rings. The third-order valence-corrected chi connectivity index (χ3v) is 8.75. The Morgan fingerprint density at radius 1 is 1.17 bits per heavy atom. The number of aldehydes is 1. The van der Waals surface area contributed by atoms with E-state index in [0.29, 0.717) is 12.3 Å². The molecule has 18 heavy (non-hydrogen) atoms. The summed E-state index contributed by atoms with van der Waals surface area (Å²) in [5.74, 6) is 0.503. The fraction of sp³-hybridized carbons (Fsp3) is 0.800. The van der Waals surface area contributed by atoms with Crippen molar-refractivity contribution < 1.29 is 9.22 Å². The molecule has 0 saturated heterocycles. The Morgan fingerprint density at radius 2 is 1.72 bits per heavy atom. The number of carbonyl (C=O) groups excluding carboxylic acids is 1. The molecule has 0 fully saturated rings. The summed E-state index contributed by atoms with van der Waals surface area (Å²) in [6.07, 6.45) is 5.67. The van der Waals surface area contributed by atoms with E-state index in [9.17, 15) is 4.79 Å². The fourth-order valence-corrected chi connectivity index (χ4v) is 5.17. The summed E-state index contributed by atoms with van der Waals surface area (Å²) < 4.78 is 6.39. The van der Waals surface area contributed by atoms with Gasteiger partial charge in [-0.25, -0.2) is 0 Å². The molecule has 0 aliphatic carbocycles. The molecule has 3 heteroatoms. The van der Waals surface area contributed by atoms with Crippen molar-refractivity contribution >= 4 is 14.6 Å². The Labute approximate surface area is 114 Å². The molecule has 0 heterocycles. The van der Waals surface area contributed by atoms with Crippen molar-refractivity contribution in [2.24, 2.45) is 5.92 Å². The second kappa shape index (κ2) is 9.51. The summed E-state index contributed by atoms with van der Waals surface area (Å²) >= 11 is 0. The minimum absolute atomic E-state index is 0.122. The largest absolute Gasteiger partial charge is 0.414 e. The van der Waals surface area contributed by atoms with Crippen LogP contribution in [0.1, 0.15) is 47.0 Å². The van der Waals surface area contributed by atoms with Crippen LogP contribution in [0.5, 0.6) is 0 Å². The topological polar surface area (TPSA) is 26.3 Å². The molecule has 0 aliphatic heterocycles. The first-order valence-electron chi connectivity index (χ1n) is 7.31. The Balaban J connectivity index is 4.48. The molecule has 0 radical (unpaired) electrons. The van der Waals surface area contributed by atoms with Crippen LogP contribution in [0.2, 0.25) is 18.1 Å². The van der Waals surface area contributed by atoms with Gasteiger partial charge in [0.15, 0.2) is 8.32 Å². The highest BCUT2D eigenvalue weighted by Crippen LogP contribution is 2.26. The van der Waals surface area contributed by atoms with E-state index in [-0.39, 0.29) is 6.10 Å². The van der Waals surface area contributed by atoms with Crippen molar-refractivity contribution in [2.45, 2.75) is 71.2 Å². The second-order valence-corrected chi connectivity index (χ2v) is 9.90. The van der Waals surface area contributed by atoms with Gasteiger partial charge >= 0.3 is 0 Å². The van der Waals surface area contributed by atoms with Gasteiger partial charge in [0.25, 0.3) is 0 Å². The van der Waals surface area contributed by atoms with Crippen molar-refractivity contribution in [3.8, 4) is 0 Å². The summed E-state index contributed by atoms with van der Waals surface area (Å²) in [7, 11) is -1.58. The van der Waals surface area contributed by atoms with E-state index in [1.54, 1.807) is 0 Å². The summed E-state index contributed by atoms with van der Waals surface area (Å²) in [6, 6.07) is 3.44. The van der Waals surface area contributed by atoms with Crippen LogP contribution in [-0.2, 0) is 9.22 Å². The van der Waals surface area contributed by atoms with Gasteiger partial charge in [0, 0.05) is 6.42 Å². The highest BCUT2D eigenvalue weighted by atomic mass is 28.4. The Morgan fingerprint density at radius 3 is 2.11 bits per heavy atom. The number of hydrogen-bond donors (Lipinski definition) is 0. The lowest BCUT2D eigenvalue weighted by Gasteiger charge is -2.33. The Kier molecular flexibility index (Phi) is 9.29. The van der Waals surface area contributed by atoms with Gasteiger partial charge in [0.2, 0.25) is 0 Å². The molecule has 0 aromatic carbocycles. The monoisotopic (exact) mass is 270 g/mol. The van der Waals surface area contributed by atoms with Gasteiger partial charge in [-0.05, 0) is 36.9 Å². The lowest BCUT2D eigenvalue weighted by Crippen LogP contribution is -2.40. The third kappa shape index (κ3) is 5.96. The van der Waals surface area contributed by atoms with Crippen molar-refractivity contribution in [2.75, 3.05) is 0 Å². The molecule has 0 saturated carbocycles. The normalized spacial score (nSPS) is 15.1. The van der Waals surface area contributed by atoms with E-state index in [1.807, 2.05) is 6.08 Å². The summed E-state index contributed by atoms with van der Waals surface area (Å²) in [5.41, 5.74) is 0. The van der Waals surface area contributed by atoms with Crippen LogP contribution in [0.15, 0.2) is 12.7 Å². The molecule has 0 rings (SSSR count). The summed E-state index contributed by atoms with van der Waals surface area (Å²) in [4.78, 5) is 10.8. The minimum atomic E-state index is -1.58. The second-order valence-electron chi connectivity index (χ2n) is 5.18. The molecule has 2 atom stereocenters. The zero-order valence-corrected chi connectivity index (χ0v) is 13.6. The summed E-state index contributed by atoms with van der Waals surface area (Å²) in [6.45, 7) is 12.6. The molecule has 0 aliphatic rings. The maximum Gasteiger partial charge on any atom is 0.192 e. The van der Waals surface area contributed by atoms with Gasteiger partial charge < -0.3 is 9.22 Å². The first-order chi connectivity index (χ1) is 8.57. The van der Waals surface area contributed by atoms with E-state index in [0.717, 1.165) is 37.3 Å². The van der Waals surface area contributed by atoms with Crippen LogP contribution in [-0.4, -0.2) is 20.7 Å². The molecule has 0 spiro atoms. The lowest BCUT2D eigenvalue weighted by molar-refractivity contribution is -0.109. The SMILES string of the molecule is C=C[C@@H](C)CC[C@H](CC=O)O[Si](CC)(CC)CC. The van der Waals surface area contributed by atoms with Crippen LogP contribution in [0.25, 0.3) is 0 Å². The zero-order valence-electron chi connectivity index (χ0n) is 12.6. The molecule has 106 valence electrons. The van der Waals surface area contributed by atoms with E-state index >= 15 is 0 Å². The highest BCUT2D eigenvalue weighted by molar-refractivity contribution is 6.73. The van der Waals surface area contributed by atoms with Gasteiger partial charge in [0.1, 0.15) is 6.29 Å². The first-order valence-corrected chi connectivity index (χ1v) is 9.84. The highest BCUT2D eigenvalue weighted by Gasteiger charge is 2.31. The van der Waals surface area contributed by atoms with Crippen LogP contribution >= 0.6 is 0 Å². The van der Waals surface area contributed by atoms with Crippen molar-refractivity contribution in [3.05, 3.63) is 12.7 Å². The van der Waals surface area contributed by atoms with Crippen molar-refractivity contribution in [1.29, 1.82) is 0 Å². The fourth-order valence-electron chi connectivity index (χ4n) is 2.25. The maximum absolute atomic E-state index is 10.8. The number of hydrogen-bond acceptors (Lipinski definition) is 2. The van der Waals surface area contributed by atoms with E-state index in [1.165, 1.54) is 0 Å². The van der Waals surface area contributed by atoms with Crippen molar-refractivity contribution in [1.82, 2.24) is 0 Å². The molecule has 0 bridgehead atoms. The Hall–Kier alpha value is -0.413. The third-order valence-electron chi connectivity index (χ3n) is 4.06. The molecular weight excluding hydrogens is 240 g/mol. The van der Waals surface area contributed by atoms with Gasteiger partial charge in [-0.1, -0.05) is 33.8 Å². The predicted octanol–water partition coefficient (Wildman–Crippen LogP) is 4.57. The number of carbonyl (C=O) groups is 1. The van der Waals surface area contributed by atoms with Crippen LogP contribution in [0.3, 0.4) is 0 Å². The van der Waals surface area contributed by atoms with Gasteiger partial charge in [-0.3, -0.25) is 0 Å². The molecule has 2 nitrogen and oxygen atoms in total.